The van der Waals surface area contributed by atoms with Gasteiger partial charge in [0.05, 0.1) is 16.9 Å². The second kappa shape index (κ2) is 4.36. The molecule has 2 nitrogen and oxygen atoms in total. The quantitative estimate of drug-likeness (QED) is 0.702. The van der Waals surface area contributed by atoms with Crippen molar-refractivity contribution in [1.82, 2.24) is 4.98 Å². The maximum atomic E-state index is 4.11. The van der Waals surface area contributed by atoms with E-state index in [1.807, 2.05) is 12.1 Å². The van der Waals surface area contributed by atoms with Gasteiger partial charge in [-0.25, -0.2) is 4.98 Å². The van der Waals surface area contributed by atoms with Gasteiger partial charge in [0.25, 0.3) is 0 Å². The second-order valence-corrected chi connectivity index (χ2v) is 3.32. The maximum absolute atomic E-state index is 4.11. The maximum Gasteiger partial charge on any atom is 0.0930 e. The van der Waals surface area contributed by atoms with E-state index in [1.54, 1.807) is 6.20 Å². The molecule has 1 heterocycles. The fraction of sp³-hybridized carbons (Fsp3) is 0.444. The molecule has 0 bridgehead atoms. The zero-order valence-electron chi connectivity index (χ0n) is 7.41. The van der Waals surface area contributed by atoms with E-state index in [9.17, 15) is 0 Å². The standard InChI is InChI=1S/C9H14N2S/c1-3-7(2)11-8-4-5-9(12)10-6-8/h4-7,11H,3H2,1-2H3,(H,10,12)/t7-/m0/s1. The average molecular weight is 182 g/mol. The van der Waals surface area contributed by atoms with Crippen molar-refractivity contribution in [3.63, 3.8) is 0 Å². The van der Waals surface area contributed by atoms with Crippen LogP contribution in [0.3, 0.4) is 0 Å². The number of hydrogen-bond acceptors (Lipinski definition) is 3. The normalized spacial score (nSPS) is 12.6. The molecule has 1 aromatic heterocycles. The number of nitrogens with one attached hydrogen (secondary N) is 1. The summed E-state index contributed by atoms with van der Waals surface area (Å²) >= 11 is 4.11. The molecule has 1 N–H and O–H groups in total. The summed E-state index contributed by atoms with van der Waals surface area (Å²) in [7, 11) is 0. The van der Waals surface area contributed by atoms with Gasteiger partial charge in [0.15, 0.2) is 0 Å². The first-order valence-corrected chi connectivity index (χ1v) is 4.58. The molecule has 12 heavy (non-hydrogen) atoms. The van der Waals surface area contributed by atoms with Gasteiger partial charge >= 0.3 is 0 Å². The fourth-order valence-corrected chi connectivity index (χ4v) is 0.990. The number of rotatable bonds is 3. The van der Waals surface area contributed by atoms with Crippen LogP contribution >= 0.6 is 12.6 Å². The van der Waals surface area contributed by atoms with Crippen molar-refractivity contribution in [3.05, 3.63) is 18.3 Å². The van der Waals surface area contributed by atoms with Gasteiger partial charge in [-0.2, -0.15) is 0 Å². The predicted molar refractivity (Wildman–Crippen MR) is 54.9 cm³/mol. The summed E-state index contributed by atoms with van der Waals surface area (Å²) in [6, 6.07) is 4.37. The average Bonchev–Trinajstić information content (AvgIpc) is 2.09. The Balaban J connectivity index is 2.58. The van der Waals surface area contributed by atoms with E-state index in [2.05, 4.69) is 36.8 Å². The third kappa shape index (κ3) is 2.74. The van der Waals surface area contributed by atoms with E-state index in [0.717, 1.165) is 17.1 Å². The lowest BCUT2D eigenvalue weighted by Gasteiger charge is -2.11. The highest BCUT2D eigenvalue weighted by Crippen LogP contribution is 2.10. The van der Waals surface area contributed by atoms with Crippen LogP contribution in [0.2, 0.25) is 0 Å². The molecule has 0 aliphatic heterocycles. The smallest absolute Gasteiger partial charge is 0.0930 e. The van der Waals surface area contributed by atoms with Gasteiger partial charge in [-0.15, -0.1) is 12.6 Å². The van der Waals surface area contributed by atoms with Gasteiger partial charge in [-0.3, -0.25) is 0 Å². The molecular formula is C9H14N2S. The highest BCUT2D eigenvalue weighted by molar-refractivity contribution is 7.80. The first-order chi connectivity index (χ1) is 5.72. The number of hydrogen-bond donors (Lipinski definition) is 2. The van der Waals surface area contributed by atoms with Crippen LogP contribution in [0.15, 0.2) is 23.4 Å². The Labute approximate surface area is 78.8 Å². The molecule has 0 aliphatic rings. The predicted octanol–water partition coefficient (Wildman–Crippen LogP) is 2.58. The van der Waals surface area contributed by atoms with Crippen LogP contribution in [-0.4, -0.2) is 11.0 Å². The second-order valence-electron chi connectivity index (χ2n) is 2.86. The molecule has 1 atom stereocenters. The molecular weight excluding hydrogens is 168 g/mol. The summed E-state index contributed by atoms with van der Waals surface area (Å²) < 4.78 is 0. The zero-order chi connectivity index (χ0) is 8.97. The number of pyridine rings is 1. The third-order valence-corrected chi connectivity index (χ3v) is 2.04. The van der Waals surface area contributed by atoms with Crippen molar-refractivity contribution >= 4 is 18.3 Å². The Hall–Kier alpha value is -0.700. The minimum atomic E-state index is 0.498. The summed E-state index contributed by atoms with van der Waals surface area (Å²) in [6.07, 6.45) is 2.91. The van der Waals surface area contributed by atoms with Crippen LogP contribution in [0.25, 0.3) is 0 Å². The lowest BCUT2D eigenvalue weighted by Crippen LogP contribution is -2.13. The van der Waals surface area contributed by atoms with Gasteiger partial charge in [-0.1, -0.05) is 6.92 Å². The van der Waals surface area contributed by atoms with Crippen LogP contribution in [0.4, 0.5) is 5.69 Å². The molecule has 0 amide bonds. The largest absolute Gasteiger partial charge is 0.381 e. The minimum Gasteiger partial charge on any atom is -0.381 e. The van der Waals surface area contributed by atoms with E-state index >= 15 is 0 Å². The molecule has 0 fully saturated rings. The molecule has 0 saturated carbocycles. The minimum absolute atomic E-state index is 0.498. The summed E-state index contributed by atoms with van der Waals surface area (Å²) in [5, 5.41) is 4.08. The number of thiol groups is 1. The van der Waals surface area contributed by atoms with E-state index in [0.29, 0.717) is 6.04 Å². The Morgan fingerprint density at radius 3 is 2.83 bits per heavy atom. The highest BCUT2D eigenvalue weighted by Gasteiger charge is 1.97. The van der Waals surface area contributed by atoms with Crippen molar-refractivity contribution < 1.29 is 0 Å². The van der Waals surface area contributed by atoms with Crippen LogP contribution in [0.5, 0.6) is 0 Å². The number of aromatic nitrogens is 1. The van der Waals surface area contributed by atoms with Crippen LogP contribution in [0, 0.1) is 0 Å². The summed E-state index contributed by atoms with van der Waals surface area (Å²) in [5.74, 6) is 0. The number of nitrogens with zero attached hydrogens (tertiary/aromatic N) is 1. The number of anilines is 1. The molecule has 1 aromatic rings. The highest BCUT2D eigenvalue weighted by atomic mass is 32.1. The van der Waals surface area contributed by atoms with Crippen molar-refractivity contribution in [3.8, 4) is 0 Å². The molecule has 0 saturated heterocycles. The van der Waals surface area contributed by atoms with Crippen LogP contribution < -0.4 is 5.32 Å². The van der Waals surface area contributed by atoms with E-state index in [1.165, 1.54) is 0 Å². The summed E-state index contributed by atoms with van der Waals surface area (Å²) in [5.41, 5.74) is 1.06. The zero-order valence-corrected chi connectivity index (χ0v) is 8.31. The Morgan fingerprint density at radius 1 is 1.58 bits per heavy atom. The molecule has 0 unspecified atom stereocenters. The van der Waals surface area contributed by atoms with Gasteiger partial charge < -0.3 is 5.32 Å². The first-order valence-electron chi connectivity index (χ1n) is 4.14. The van der Waals surface area contributed by atoms with Crippen LogP contribution in [-0.2, 0) is 0 Å². The Morgan fingerprint density at radius 2 is 2.33 bits per heavy atom. The topological polar surface area (TPSA) is 24.9 Å². The third-order valence-electron chi connectivity index (χ3n) is 1.77. The monoisotopic (exact) mass is 182 g/mol. The molecule has 1 rings (SSSR count). The van der Waals surface area contributed by atoms with Gasteiger partial charge in [0, 0.05) is 6.04 Å². The molecule has 0 aliphatic carbocycles. The summed E-state index contributed by atoms with van der Waals surface area (Å²) in [6.45, 7) is 4.30. The Bertz CT molecular complexity index is 233. The van der Waals surface area contributed by atoms with E-state index < -0.39 is 0 Å². The molecule has 0 spiro atoms. The van der Waals surface area contributed by atoms with E-state index in [-0.39, 0.29) is 0 Å². The van der Waals surface area contributed by atoms with Gasteiger partial charge in [0.2, 0.25) is 0 Å². The van der Waals surface area contributed by atoms with Crippen LogP contribution in [0.1, 0.15) is 20.3 Å². The fourth-order valence-electron chi connectivity index (χ4n) is 0.858. The molecule has 3 heteroatoms. The molecule has 66 valence electrons. The molecule has 0 aromatic carbocycles. The summed E-state index contributed by atoms with van der Waals surface area (Å²) in [4.78, 5) is 4.07. The van der Waals surface area contributed by atoms with Crippen molar-refractivity contribution in [2.45, 2.75) is 31.3 Å². The van der Waals surface area contributed by atoms with E-state index in [4.69, 9.17) is 0 Å². The molecule has 0 radical (unpaired) electrons. The van der Waals surface area contributed by atoms with Crippen molar-refractivity contribution in [2.75, 3.05) is 5.32 Å². The van der Waals surface area contributed by atoms with Gasteiger partial charge in [-0.05, 0) is 25.5 Å². The van der Waals surface area contributed by atoms with Crippen molar-refractivity contribution in [1.29, 1.82) is 0 Å². The Kier molecular flexibility index (Phi) is 3.41. The lowest BCUT2D eigenvalue weighted by molar-refractivity contribution is 0.763. The lowest BCUT2D eigenvalue weighted by atomic mass is 10.2. The first kappa shape index (κ1) is 9.39. The SMILES string of the molecule is CC[C@H](C)Nc1ccc(S)nc1. The van der Waals surface area contributed by atoms with Gasteiger partial charge in [0.1, 0.15) is 0 Å². The van der Waals surface area contributed by atoms with Crippen molar-refractivity contribution in [2.24, 2.45) is 0 Å².